The van der Waals surface area contributed by atoms with Crippen molar-refractivity contribution in [2.75, 3.05) is 18.6 Å². The third kappa shape index (κ3) is 3.79. The van der Waals surface area contributed by atoms with Crippen molar-refractivity contribution in [2.24, 2.45) is 0 Å². The van der Waals surface area contributed by atoms with Crippen LogP contribution in [0.25, 0.3) is 0 Å². The Morgan fingerprint density at radius 1 is 1.00 bits per heavy atom. The van der Waals surface area contributed by atoms with E-state index in [0.717, 1.165) is 5.69 Å². The molecule has 0 saturated carbocycles. The summed E-state index contributed by atoms with van der Waals surface area (Å²) in [5.74, 6) is 1.09. The largest absolute Gasteiger partial charge is 0.493 e. The maximum atomic E-state index is 12.5. The highest BCUT2D eigenvalue weighted by Gasteiger charge is 2.19. The lowest BCUT2D eigenvalue weighted by Gasteiger charge is -2.27. The Hall–Kier alpha value is -2.49. The molecule has 2 aromatic carbocycles. The molecule has 0 heterocycles. The number of anilines is 1. The van der Waals surface area contributed by atoms with Gasteiger partial charge in [0.2, 0.25) is 0 Å². The average Bonchev–Trinajstić information content (AvgIpc) is 2.54. The van der Waals surface area contributed by atoms with Crippen LogP contribution in [-0.4, -0.2) is 25.7 Å². The fourth-order valence-corrected chi connectivity index (χ4v) is 2.27. The number of para-hydroxylation sites is 3. The molecular weight excluding hydrogens is 278 g/mol. The number of rotatable bonds is 6. The summed E-state index contributed by atoms with van der Waals surface area (Å²) in [5, 5.41) is 0. The number of nitrogens with zero attached hydrogens (tertiary/aromatic N) is 1. The van der Waals surface area contributed by atoms with E-state index in [1.165, 1.54) is 0 Å². The van der Waals surface area contributed by atoms with Crippen molar-refractivity contribution in [3.8, 4) is 11.5 Å². The number of carbonyl (C=O) groups excluding carboxylic acids is 1. The summed E-state index contributed by atoms with van der Waals surface area (Å²) in [5.41, 5.74) is 0.867. The molecule has 4 nitrogen and oxygen atoms in total. The number of benzene rings is 2. The minimum Gasteiger partial charge on any atom is -0.493 e. The molecule has 0 aliphatic heterocycles. The molecule has 0 spiro atoms. The van der Waals surface area contributed by atoms with Gasteiger partial charge in [-0.2, -0.15) is 0 Å². The van der Waals surface area contributed by atoms with E-state index >= 15 is 0 Å². The molecule has 0 bridgehead atoms. The van der Waals surface area contributed by atoms with Crippen molar-refractivity contribution in [1.29, 1.82) is 0 Å². The van der Waals surface area contributed by atoms with Gasteiger partial charge in [-0.1, -0.05) is 30.3 Å². The van der Waals surface area contributed by atoms with Gasteiger partial charge in [0.15, 0.2) is 18.1 Å². The second kappa shape index (κ2) is 7.50. The highest BCUT2D eigenvalue weighted by Crippen LogP contribution is 2.26. The first-order valence-electron chi connectivity index (χ1n) is 7.26. The van der Waals surface area contributed by atoms with Crippen LogP contribution >= 0.6 is 0 Å². The standard InChI is InChI=1S/C18H21NO3/c1-14(2)19(15-9-5-4-6-10-15)18(20)13-22-17-12-8-7-11-16(17)21-3/h4-12,14H,13H2,1-3H3. The van der Waals surface area contributed by atoms with E-state index in [9.17, 15) is 4.79 Å². The first-order valence-corrected chi connectivity index (χ1v) is 7.26. The van der Waals surface area contributed by atoms with Crippen LogP contribution in [0, 0.1) is 0 Å². The Morgan fingerprint density at radius 3 is 2.18 bits per heavy atom. The van der Waals surface area contributed by atoms with E-state index in [1.54, 1.807) is 24.1 Å². The summed E-state index contributed by atoms with van der Waals surface area (Å²) in [6.07, 6.45) is 0. The summed E-state index contributed by atoms with van der Waals surface area (Å²) in [4.78, 5) is 14.2. The van der Waals surface area contributed by atoms with E-state index in [1.807, 2.05) is 56.3 Å². The Morgan fingerprint density at radius 2 is 1.59 bits per heavy atom. The molecule has 0 aliphatic rings. The molecule has 0 aliphatic carbocycles. The number of amides is 1. The second-order valence-electron chi connectivity index (χ2n) is 5.13. The van der Waals surface area contributed by atoms with Crippen molar-refractivity contribution >= 4 is 11.6 Å². The van der Waals surface area contributed by atoms with E-state index in [-0.39, 0.29) is 18.6 Å². The normalized spacial score (nSPS) is 10.4. The Labute approximate surface area is 131 Å². The van der Waals surface area contributed by atoms with Crippen LogP contribution in [0.1, 0.15) is 13.8 Å². The fraction of sp³-hybridized carbons (Fsp3) is 0.278. The van der Waals surface area contributed by atoms with Crippen LogP contribution in [-0.2, 0) is 4.79 Å². The molecule has 1 amide bonds. The van der Waals surface area contributed by atoms with Gasteiger partial charge in [-0.05, 0) is 38.1 Å². The topological polar surface area (TPSA) is 38.8 Å². The van der Waals surface area contributed by atoms with Crippen LogP contribution in [0.15, 0.2) is 54.6 Å². The minimum atomic E-state index is -0.0906. The van der Waals surface area contributed by atoms with Gasteiger partial charge in [0.25, 0.3) is 5.91 Å². The number of ether oxygens (including phenoxy) is 2. The lowest BCUT2D eigenvalue weighted by Crippen LogP contribution is -2.40. The zero-order valence-electron chi connectivity index (χ0n) is 13.2. The first-order chi connectivity index (χ1) is 10.6. The van der Waals surface area contributed by atoms with Crippen LogP contribution < -0.4 is 14.4 Å². The summed E-state index contributed by atoms with van der Waals surface area (Å²) in [7, 11) is 1.58. The van der Waals surface area contributed by atoms with Gasteiger partial charge in [0, 0.05) is 11.7 Å². The molecule has 0 unspecified atom stereocenters. The lowest BCUT2D eigenvalue weighted by atomic mass is 10.2. The molecule has 116 valence electrons. The fourth-order valence-electron chi connectivity index (χ4n) is 2.27. The number of hydrogen-bond acceptors (Lipinski definition) is 3. The predicted molar refractivity (Wildman–Crippen MR) is 87.6 cm³/mol. The maximum absolute atomic E-state index is 12.5. The van der Waals surface area contributed by atoms with Crippen LogP contribution in [0.3, 0.4) is 0 Å². The van der Waals surface area contributed by atoms with E-state index in [2.05, 4.69) is 0 Å². The van der Waals surface area contributed by atoms with Gasteiger partial charge in [-0.25, -0.2) is 0 Å². The summed E-state index contributed by atoms with van der Waals surface area (Å²) >= 11 is 0. The third-order valence-electron chi connectivity index (χ3n) is 3.24. The molecule has 4 heteroatoms. The van der Waals surface area contributed by atoms with Crippen LogP contribution in [0.4, 0.5) is 5.69 Å². The Kier molecular flexibility index (Phi) is 5.42. The molecule has 2 aromatic rings. The van der Waals surface area contributed by atoms with E-state index in [4.69, 9.17) is 9.47 Å². The summed E-state index contributed by atoms with van der Waals surface area (Å²) in [6.45, 7) is 3.93. The highest BCUT2D eigenvalue weighted by atomic mass is 16.5. The molecule has 2 rings (SSSR count). The lowest BCUT2D eigenvalue weighted by molar-refractivity contribution is -0.120. The highest BCUT2D eigenvalue weighted by molar-refractivity contribution is 5.94. The molecule has 0 atom stereocenters. The summed E-state index contributed by atoms with van der Waals surface area (Å²) in [6, 6.07) is 16.9. The molecule has 0 N–H and O–H groups in total. The zero-order valence-corrected chi connectivity index (χ0v) is 13.2. The maximum Gasteiger partial charge on any atom is 0.265 e. The van der Waals surface area contributed by atoms with Crippen LogP contribution in [0.5, 0.6) is 11.5 Å². The van der Waals surface area contributed by atoms with Gasteiger partial charge in [-0.3, -0.25) is 4.79 Å². The van der Waals surface area contributed by atoms with Gasteiger partial charge >= 0.3 is 0 Å². The summed E-state index contributed by atoms with van der Waals surface area (Å²) < 4.78 is 10.8. The smallest absolute Gasteiger partial charge is 0.265 e. The number of hydrogen-bond donors (Lipinski definition) is 0. The Bertz CT molecular complexity index is 611. The third-order valence-corrected chi connectivity index (χ3v) is 3.24. The molecule has 0 saturated heterocycles. The number of carbonyl (C=O) groups is 1. The predicted octanol–water partition coefficient (Wildman–Crippen LogP) is 3.52. The van der Waals surface area contributed by atoms with Gasteiger partial charge < -0.3 is 14.4 Å². The van der Waals surface area contributed by atoms with Crippen molar-refractivity contribution in [3.05, 3.63) is 54.6 Å². The molecular formula is C18H21NO3. The quantitative estimate of drug-likeness (QED) is 0.819. The first kappa shape index (κ1) is 15.9. The Balaban J connectivity index is 2.09. The van der Waals surface area contributed by atoms with E-state index < -0.39 is 0 Å². The molecule has 22 heavy (non-hydrogen) atoms. The van der Waals surface area contributed by atoms with Crippen molar-refractivity contribution in [1.82, 2.24) is 0 Å². The number of methoxy groups -OCH3 is 1. The second-order valence-corrected chi connectivity index (χ2v) is 5.13. The molecule has 0 aromatic heterocycles. The van der Waals surface area contributed by atoms with Crippen molar-refractivity contribution in [3.63, 3.8) is 0 Å². The van der Waals surface area contributed by atoms with Gasteiger partial charge in [0.05, 0.1) is 7.11 Å². The van der Waals surface area contributed by atoms with Crippen molar-refractivity contribution < 1.29 is 14.3 Å². The van der Waals surface area contributed by atoms with E-state index in [0.29, 0.717) is 11.5 Å². The average molecular weight is 299 g/mol. The molecule has 0 fully saturated rings. The van der Waals surface area contributed by atoms with Gasteiger partial charge in [0.1, 0.15) is 0 Å². The van der Waals surface area contributed by atoms with Crippen molar-refractivity contribution in [2.45, 2.75) is 19.9 Å². The van der Waals surface area contributed by atoms with Gasteiger partial charge in [-0.15, -0.1) is 0 Å². The zero-order chi connectivity index (χ0) is 15.9. The molecule has 0 radical (unpaired) electrons. The minimum absolute atomic E-state index is 0.0343. The van der Waals surface area contributed by atoms with Crippen LogP contribution in [0.2, 0.25) is 0 Å². The monoisotopic (exact) mass is 299 g/mol. The SMILES string of the molecule is COc1ccccc1OCC(=O)N(c1ccccc1)C(C)C.